The average Bonchev–Trinajstić information content (AvgIpc) is 2.61. The second kappa shape index (κ2) is 2.93. The summed E-state index contributed by atoms with van der Waals surface area (Å²) < 4.78 is 0. The zero-order valence-corrected chi connectivity index (χ0v) is 10.8. The fourth-order valence-corrected chi connectivity index (χ4v) is 4.90. The van der Waals surface area contributed by atoms with Crippen LogP contribution in [0.1, 0.15) is 46.5 Å². The molecule has 3 rings (SSSR count). The Morgan fingerprint density at radius 3 is 2.56 bits per heavy atom. The minimum Gasteiger partial charge on any atom is -0.390 e. The van der Waals surface area contributed by atoms with Crippen molar-refractivity contribution in [2.24, 2.45) is 29.1 Å². The first kappa shape index (κ1) is 10.8. The molecule has 3 aliphatic rings. The smallest absolute Gasteiger partial charge is 0.0656 e. The van der Waals surface area contributed by atoms with Crippen LogP contribution in [0, 0.1) is 29.1 Å². The summed E-state index contributed by atoms with van der Waals surface area (Å²) in [6.07, 6.45) is 4.64. The molecule has 90 valence electrons. The zero-order valence-electron chi connectivity index (χ0n) is 10.8. The molecule has 0 bridgehead atoms. The highest BCUT2D eigenvalue weighted by atomic mass is 16.3. The average molecular weight is 220 g/mol. The summed E-state index contributed by atoms with van der Waals surface area (Å²) >= 11 is 0. The van der Waals surface area contributed by atoms with Gasteiger partial charge in [0.05, 0.1) is 5.60 Å². The van der Waals surface area contributed by atoms with Gasteiger partial charge in [-0.2, -0.15) is 0 Å². The standard InChI is InChI=1S/C15H24O/c1-9-5-6-11-13(14(11,2)3)12-10(9)7-8-15(12,4)16/h10-13,16H,1,5-8H2,2-4H3/t10-,11+,12-,13+,15+/m1/s1. The summed E-state index contributed by atoms with van der Waals surface area (Å²) in [5.41, 5.74) is 1.46. The number of hydrogen-bond acceptors (Lipinski definition) is 1. The van der Waals surface area contributed by atoms with E-state index in [2.05, 4.69) is 27.4 Å². The fourth-order valence-electron chi connectivity index (χ4n) is 4.90. The second-order valence-corrected chi connectivity index (χ2v) is 7.18. The molecule has 0 spiro atoms. The Morgan fingerprint density at radius 2 is 1.88 bits per heavy atom. The van der Waals surface area contributed by atoms with E-state index in [4.69, 9.17) is 0 Å². The van der Waals surface area contributed by atoms with Gasteiger partial charge in [-0.05, 0) is 61.7 Å². The molecule has 5 atom stereocenters. The molecule has 1 heteroatoms. The van der Waals surface area contributed by atoms with Crippen LogP contribution in [0.4, 0.5) is 0 Å². The number of hydrogen-bond donors (Lipinski definition) is 1. The highest BCUT2D eigenvalue weighted by Gasteiger charge is 2.67. The van der Waals surface area contributed by atoms with E-state index in [0.29, 0.717) is 17.3 Å². The Morgan fingerprint density at radius 1 is 1.19 bits per heavy atom. The third-order valence-corrected chi connectivity index (χ3v) is 5.94. The van der Waals surface area contributed by atoms with Gasteiger partial charge in [-0.15, -0.1) is 0 Å². The Balaban J connectivity index is 1.98. The first-order valence-corrected chi connectivity index (χ1v) is 6.76. The molecule has 3 fully saturated rings. The van der Waals surface area contributed by atoms with Gasteiger partial charge in [0, 0.05) is 0 Å². The first-order chi connectivity index (χ1) is 7.36. The number of aliphatic hydroxyl groups is 1. The van der Waals surface area contributed by atoms with Gasteiger partial charge < -0.3 is 5.11 Å². The zero-order chi connectivity index (χ0) is 11.7. The maximum atomic E-state index is 10.6. The van der Waals surface area contributed by atoms with E-state index >= 15 is 0 Å². The van der Waals surface area contributed by atoms with E-state index in [0.717, 1.165) is 24.7 Å². The number of fused-ring (bicyclic) bond motifs is 3. The molecule has 0 amide bonds. The van der Waals surface area contributed by atoms with Crippen molar-refractivity contribution in [2.75, 3.05) is 0 Å². The highest BCUT2D eigenvalue weighted by Crippen LogP contribution is 2.71. The summed E-state index contributed by atoms with van der Waals surface area (Å²) in [6.45, 7) is 11.1. The summed E-state index contributed by atoms with van der Waals surface area (Å²) in [4.78, 5) is 0. The van der Waals surface area contributed by atoms with Gasteiger partial charge in [0.25, 0.3) is 0 Å². The Bertz CT molecular complexity index is 339. The van der Waals surface area contributed by atoms with Crippen LogP contribution in [0.2, 0.25) is 0 Å². The molecule has 0 aromatic heterocycles. The molecule has 3 saturated carbocycles. The van der Waals surface area contributed by atoms with Gasteiger partial charge in [-0.3, -0.25) is 0 Å². The largest absolute Gasteiger partial charge is 0.390 e. The lowest BCUT2D eigenvalue weighted by molar-refractivity contribution is -0.00137. The number of rotatable bonds is 0. The van der Waals surface area contributed by atoms with E-state index < -0.39 is 5.60 Å². The Labute approximate surface area is 98.9 Å². The predicted octanol–water partition coefficient (Wildman–Crippen LogP) is 3.39. The van der Waals surface area contributed by atoms with Gasteiger partial charge in [-0.1, -0.05) is 26.0 Å². The number of allylic oxidation sites excluding steroid dienone is 1. The molecular weight excluding hydrogens is 196 g/mol. The van der Waals surface area contributed by atoms with Crippen LogP contribution in [-0.4, -0.2) is 10.7 Å². The lowest BCUT2D eigenvalue weighted by atomic mass is 9.78. The van der Waals surface area contributed by atoms with Crippen molar-refractivity contribution >= 4 is 0 Å². The van der Waals surface area contributed by atoms with Crippen molar-refractivity contribution in [3.63, 3.8) is 0 Å². The third kappa shape index (κ3) is 1.21. The van der Waals surface area contributed by atoms with Gasteiger partial charge >= 0.3 is 0 Å². The van der Waals surface area contributed by atoms with Crippen LogP contribution in [0.25, 0.3) is 0 Å². The van der Waals surface area contributed by atoms with E-state index in [-0.39, 0.29) is 0 Å². The van der Waals surface area contributed by atoms with Crippen LogP contribution in [-0.2, 0) is 0 Å². The molecule has 16 heavy (non-hydrogen) atoms. The van der Waals surface area contributed by atoms with Crippen LogP contribution in [0.5, 0.6) is 0 Å². The van der Waals surface area contributed by atoms with Crippen LogP contribution >= 0.6 is 0 Å². The van der Waals surface area contributed by atoms with E-state index in [1.54, 1.807) is 0 Å². The third-order valence-electron chi connectivity index (χ3n) is 5.94. The van der Waals surface area contributed by atoms with Crippen molar-refractivity contribution in [1.82, 2.24) is 0 Å². The quantitative estimate of drug-likeness (QED) is 0.620. The molecule has 1 N–H and O–H groups in total. The van der Waals surface area contributed by atoms with Crippen LogP contribution < -0.4 is 0 Å². The molecule has 0 heterocycles. The molecule has 3 aliphatic carbocycles. The summed E-state index contributed by atoms with van der Waals surface area (Å²) in [7, 11) is 0. The predicted molar refractivity (Wildman–Crippen MR) is 66.0 cm³/mol. The van der Waals surface area contributed by atoms with Crippen molar-refractivity contribution in [1.29, 1.82) is 0 Å². The normalized spacial score (nSPS) is 54.1. The van der Waals surface area contributed by atoms with Crippen LogP contribution in [0.3, 0.4) is 0 Å². The van der Waals surface area contributed by atoms with Crippen molar-refractivity contribution in [3.8, 4) is 0 Å². The topological polar surface area (TPSA) is 20.2 Å². The Kier molecular flexibility index (Phi) is 1.98. The lowest BCUT2D eigenvalue weighted by Crippen LogP contribution is -2.34. The summed E-state index contributed by atoms with van der Waals surface area (Å²) in [5, 5.41) is 10.6. The monoisotopic (exact) mass is 220 g/mol. The molecule has 1 nitrogen and oxygen atoms in total. The molecule has 0 aromatic carbocycles. The second-order valence-electron chi connectivity index (χ2n) is 7.18. The van der Waals surface area contributed by atoms with Gasteiger partial charge in [0.15, 0.2) is 0 Å². The first-order valence-electron chi connectivity index (χ1n) is 6.76. The molecule has 0 radical (unpaired) electrons. The fraction of sp³-hybridized carbons (Fsp3) is 0.867. The maximum Gasteiger partial charge on any atom is 0.0656 e. The van der Waals surface area contributed by atoms with Gasteiger partial charge in [0.2, 0.25) is 0 Å². The molecule has 0 unspecified atom stereocenters. The van der Waals surface area contributed by atoms with Crippen molar-refractivity contribution < 1.29 is 5.11 Å². The van der Waals surface area contributed by atoms with E-state index in [1.807, 2.05) is 0 Å². The van der Waals surface area contributed by atoms with Gasteiger partial charge in [-0.25, -0.2) is 0 Å². The molecule has 0 aromatic rings. The van der Waals surface area contributed by atoms with Crippen molar-refractivity contribution in [2.45, 2.75) is 52.1 Å². The molecule has 0 aliphatic heterocycles. The molecule has 0 saturated heterocycles. The highest BCUT2D eigenvalue weighted by molar-refractivity contribution is 5.22. The van der Waals surface area contributed by atoms with E-state index in [1.165, 1.54) is 18.4 Å². The van der Waals surface area contributed by atoms with Gasteiger partial charge in [0.1, 0.15) is 0 Å². The Hall–Kier alpha value is -0.300. The minimum absolute atomic E-state index is 0.436. The summed E-state index contributed by atoms with van der Waals surface area (Å²) in [5.74, 6) is 2.67. The van der Waals surface area contributed by atoms with E-state index in [9.17, 15) is 5.11 Å². The van der Waals surface area contributed by atoms with Crippen molar-refractivity contribution in [3.05, 3.63) is 12.2 Å². The lowest BCUT2D eigenvalue weighted by Gasteiger charge is -2.31. The minimum atomic E-state index is -0.436. The summed E-state index contributed by atoms with van der Waals surface area (Å²) in [6, 6.07) is 0. The van der Waals surface area contributed by atoms with Crippen LogP contribution in [0.15, 0.2) is 12.2 Å². The molecular formula is C15H24O. The maximum absolute atomic E-state index is 10.6. The SMILES string of the molecule is C=C1CC[C@H]2[C@@H]([C@H]3[C@@H]1CC[C@]3(C)O)C2(C)C.